The van der Waals surface area contributed by atoms with E-state index in [4.69, 9.17) is 0 Å². The van der Waals surface area contributed by atoms with Crippen molar-refractivity contribution >= 4 is 10.1 Å². The highest BCUT2D eigenvalue weighted by atomic mass is 32.2. The lowest BCUT2D eigenvalue weighted by atomic mass is 10.1. The van der Waals surface area contributed by atoms with Gasteiger partial charge in [-0.1, -0.05) is 10.8 Å². The molecule has 0 radical (unpaired) electrons. The molecule has 0 unspecified atom stereocenters. The van der Waals surface area contributed by atoms with E-state index in [1.807, 2.05) is 4.39 Å². The van der Waals surface area contributed by atoms with E-state index in [-0.39, 0.29) is 0 Å². The van der Waals surface area contributed by atoms with Gasteiger partial charge < -0.3 is 0 Å². The molecule has 0 saturated heterocycles. The van der Waals surface area contributed by atoms with Gasteiger partial charge in [0.25, 0.3) is 0 Å². The number of hydrogen-bond acceptors (Lipinski definition) is 3. The molecule has 122 valence electrons. The van der Waals surface area contributed by atoms with Crippen LogP contribution >= 0.6 is 0 Å². The molecule has 0 aromatic heterocycles. The first-order chi connectivity index (χ1) is 8.77. The van der Waals surface area contributed by atoms with Crippen molar-refractivity contribution in [3.05, 3.63) is 0 Å². The van der Waals surface area contributed by atoms with E-state index < -0.39 is 59.6 Å². The van der Waals surface area contributed by atoms with Gasteiger partial charge in [0, 0.05) is 12.8 Å². The van der Waals surface area contributed by atoms with E-state index in [1.54, 1.807) is 0 Å². The van der Waals surface area contributed by atoms with Crippen LogP contribution in [0.15, 0.2) is 0 Å². The Balaban J connectivity index is 4.47. The summed E-state index contributed by atoms with van der Waals surface area (Å²) in [5.74, 6) is -5.16. The van der Waals surface area contributed by atoms with E-state index in [0.29, 0.717) is 0 Å². The maximum Gasteiger partial charge on any atom is 0.434 e. The molecule has 0 aliphatic carbocycles. The average molecular weight is 338 g/mol. The van der Waals surface area contributed by atoms with E-state index in [1.165, 1.54) is 0 Å². The molecule has 3 nitrogen and oxygen atoms in total. The Labute approximate surface area is 108 Å². The van der Waals surface area contributed by atoms with Crippen LogP contribution in [0.2, 0.25) is 0 Å². The van der Waals surface area contributed by atoms with Crippen molar-refractivity contribution in [1.29, 1.82) is 0 Å². The summed E-state index contributed by atoms with van der Waals surface area (Å²) in [6.07, 6.45) is -9.33. The summed E-state index contributed by atoms with van der Waals surface area (Å²) in [6, 6.07) is 0. The molecule has 0 heterocycles. The minimum absolute atomic E-state index is 0.471. The molecule has 0 bridgehead atoms. The van der Waals surface area contributed by atoms with Crippen molar-refractivity contribution in [1.82, 2.24) is 0 Å². The summed E-state index contributed by atoms with van der Waals surface area (Å²) in [6.45, 7) is 0. The molecular weight excluding hydrogens is 328 g/mol. The lowest BCUT2D eigenvalue weighted by Crippen LogP contribution is -2.47. The Bertz CT molecular complexity index is 402. The Kier molecular flexibility index (Phi) is 6.20. The maximum atomic E-state index is 12.9. The van der Waals surface area contributed by atoms with Crippen molar-refractivity contribution in [3.63, 3.8) is 0 Å². The van der Waals surface area contributed by atoms with Crippen molar-refractivity contribution < 1.29 is 48.1 Å². The first kappa shape index (κ1) is 19.4. The van der Waals surface area contributed by atoms with Gasteiger partial charge in [-0.25, -0.2) is 0 Å². The van der Waals surface area contributed by atoms with Crippen LogP contribution in [0.1, 0.15) is 32.1 Å². The smallest absolute Gasteiger partial charge is 0.198 e. The standard InChI is InChI=1S/C8H10F8O3S/c9-6(10,8(14,15)20(17,18)19-16)4-2-1-3-5-7(11,12)13/h1-5H2. The predicted octanol–water partition coefficient (Wildman–Crippen LogP) is 3.96. The zero-order chi connectivity index (χ0) is 16.2. The van der Waals surface area contributed by atoms with Crippen molar-refractivity contribution in [2.75, 3.05) is 0 Å². The summed E-state index contributed by atoms with van der Waals surface area (Å²) in [5.41, 5.74) is 0. The molecule has 0 fully saturated rings. The van der Waals surface area contributed by atoms with Gasteiger partial charge in [0.2, 0.25) is 0 Å². The van der Waals surface area contributed by atoms with Crippen LogP contribution in [0.5, 0.6) is 0 Å². The van der Waals surface area contributed by atoms with E-state index in [2.05, 4.69) is 0 Å². The molecule has 0 amide bonds. The van der Waals surface area contributed by atoms with Gasteiger partial charge in [0.1, 0.15) is 0 Å². The zero-order valence-corrected chi connectivity index (χ0v) is 10.5. The molecule has 0 rings (SSSR count). The van der Waals surface area contributed by atoms with E-state index in [9.17, 15) is 43.7 Å². The van der Waals surface area contributed by atoms with Crippen LogP contribution in [-0.2, 0) is 14.5 Å². The van der Waals surface area contributed by atoms with Crippen LogP contribution in [0.4, 0.5) is 35.3 Å². The summed E-state index contributed by atoms with van der Waals surface area (Å²) >= 11 is 0. The molecule has 20 heavy (non-hydrogen) atoms. The first-order valence-corrected chi connectivity index (χ1v) is 6.55. The quantitative estimate of drug-likeness (QED) is 0.497. The van der Waals surface area contributed by atoms with Gasteiger partial charge in [-0.05, 0) is 17.4 Å². The fourth-order valence-corrected chi connectivity index (χ4v) is 1.76. The fourth-order valence-electron chi connectivity index (χ4n) is 1.22. The maximum absolute atomic E-state index is 12.9. The van der Waals surface area contributed by atoms with E-state index >= 15 is 0 Å². The van der Waals surface area contributed by atoms with Crippen LogP contribution in [0, 0.1) is 0 Å². The lowest BCUT2D eigenvalue weighted by Gasteiger charge is -2.23. The highest BCUT2D eigenvalue weighted by Crippen LogP contribution is 2.43. The molecule has 0 N–H and O–H groups in total. The second-order valence-corrected chi connectivity index (χ2v) is 5.46. The number of unbranched alkanes of at least 4 members (excludes halogenated alkanes) is 2. The van der Waals surface area contributed by atoms with Gasteiger partial charge in [-0.3, -0.25) is 0 Å². The SMILES string of the molecule is O=S(=O)(OF)C(F)(F)C(F)(F)CCCCCC(F)(F)F. The third-order valence-electron chi connectivity index (χ3n) is 2.27. The van der Waals surface area contributed by atoms with Gasteiger partial charge in [-0.15, -0.1) is 0 Å². The molecule has 0 aliphatic heterocycles. The minimum atomic E-state index is -6.45. The van der Waals surface area contributed by atoms with E-state index in [0.717, 1.165) is 0 Å². The average Bonchev–Trinajstić information content (AvgIpc) is 2.26. The van der Waals surface area contributed by atoms with Gasteiger partial charge in [0.05, 0.1) is 0 Å². The van der Waals surface area contributed by atoms with Crippen LogP contribution in [0.3, 0.4) is 0 Å². The Morgan fingerprint density at radius 2 is 1.25 bits per heavy atom. The highest BCUT2D eigenvalue weighted by Gasteiger charge is 2.66. The fraction of sp³-hybridized carbons (Fsp3) is 1.00. The molecule has 12 heteroatoms. The highest BCUT2D eigenvalue weighted by molar-refractivity contribution is 7.87. The van der Waals surface area contributed by atoms with Crippen molar-refractivity contribution in [2.24, 2.45) is 0 Å². The van der Waals surface area contributed by atoms with Gasteiger partial charge in [-0.2, -0.15) is 39.2 Å². The van der Waals surface area contributed by atoms with Crippen molar-refractivity contribution in [2.45, 2.75) is 49.5 Å². The van der Waals surface area contributed by atoms with Crippen LogP contribution < -0.4 is 0 Å². The Hall–Kier alpha value is -0.650. The molecular formula is C8H10F8O3S. The number of rotatable bonds is 8. The second kappa shape index (κ2) is 6.41. The Morgan fingerprint density at radius 1 is 0.800 bits per heavy atom. The second-order valence-electron chi connectivity index (χ2n) is 3.91. The van der Waals surface area contributed by atoms with Crippen LogP contribution in [-0.4, -0.2) is 25.8 Å². The van der Waals surface area contributed by atoms with Crippen molar-refractivity contribution in [3.8, 4) is 0 Å². The summed E-state index contributed by atoms with van der Waals surface area (Å²) in [7, 11) is -6.45. The first-order valence-electron chi connectivity index (χ1n) is 5.14. The third-order valence-corrected chi connectivity index (χ3v) is 3.37. The number of halogens is 8. The predicted molar refractivity (Wildman–Crippen MR) is 50.1 cm³/mol. The number of hydrogen-bond donors (Lipinski definition) is 0. The molecule has 0 saturated carbocycles. The normalized spacial score (nSPS) is 14.6. The van der Waals surface area contributed by atoms with Crippen LogP contribution in [0.25, 0.3) is 0 Å². The molecule has 0 aromatic carbocycles. The largest absolute Gasteiger partial charge is 0.434 e. The summed E-state index contributed by atoms with van der Waals surface area (Å²) in [5, 5.41) is -5.81. The minimum Gasteiger partial charge on any atom is -0.198 e. The topological polar surface area (TPSA) is 43.4 Å². The molecule has 0 spiro atoms. The summed E-state index contributed by atoms with van der Waals surface area (Å²) < 4.78 is 120. The lowest BCUT2D eigenvalue weighted by molar-refractivity contribution is -0.173. The monoisotopic (exact) mass is 338 g/mol. The Morgan fingerprint density at radius 3 is 1.65 bits per heavy atom. The molecule has 0 aliphatic rings. The summed E-state index contributed by atoms with van der Waals surface area (Å²) in [4.78, 5) is 0. The number of alkyl halides is 7. The van der Waals surface area contributed by atoms with Gasteiger partial charge >= 0.3 is 27.5 Å². The molecule has 0 atom stereocenters. The molecule has 0 aromatic rings. The van der Waals surface area contributed by atoms with Gasteiger partial charge in [0.15, 0.2) is 0 Å². The third kappa shape index (κ3) is 5.04. The zero-order valence-electron chi connectivity index (χ0n) is 9.69.